The van der Waals surface area contributed by atoms with Gasteiger partial charge in [-0.05, 0) is 57.0 Å². The van der Waals surface area contributed by atoms with Crippen LogP contribution in [-0.2, 0) is 6.54 Å². The summed E-state index contributed by atoms with van der Waals surface area (Å²) in [6.07, 6.45) is 8.79. The largest absolute Gasteiger partial charge is 0.347 e. The van der Waals surface area contributed by atoms with Crippen LogP contribution >= 0.6 is 23.2 Å². The fourth-order valence-corrected chi connectivity index (χ4v) is 5.00. The van der Waals surface area contributed by atoms with Crippen molar-refractivity contribution in [1.29, 1.82) is 0 Å². The van der Waals surface area contributed by atoms with Crippen LogP contribution in [0.4, 0.5) is 0 Å². The summed E-state index contributed by atoms with van der Waals surface area (Å²) < 4.78 is 2.28. The molecule has 0 spiro atoms. The molecule has 5 heteroatoms. The van der Waals surface area contributed by atoms with Gasteiger partial charge in [0, 0.05) is 48.8 Å². The fraction of sp³-hybridized carbons (Fsp3) is 0.600. The predicted molar refractivity (Wildman–Crippen MR) is 107 cm³/mol. The summed E-state index contributed by atoms with van der Waals surface area (Å²) in [5, 5.41) is 2.55. The molecule has 0 aliphatic carbocycles. The number of rotatable bonds is 5. The van der Waals surface area contributed by atoms with Gasteiger partial charge in [0.05, 0.1) is 10.5 Å². The Morgan fingerprint density at radius 2 is 1.88 bits per heavy atom. The average molecular weight is 380 g/mol. The van der Waals surface area contributed by atoms with Crippen LogP contribution in [0.15, 0.2) is 24.4 Å². The third kappa shape index (κ3) is 4.00. The van der Waals surface area contributed by atoms with E-state index in [-0.39, 0.29) is 0 Å². The van der Waals surface area contributed by atoms with E-state index >= 15 is 0 Å². The molecule has 1 aromatic carbocycles. The number of hydrogen-bond acceptors (Lipinski definition) is 2. The van der Waals surface area contributed by atoms with Crippen LogP contribution < -0.4 is 0 Å². The highest BCUT2D eigenvalue weighted by molar-refractivity contribution is 6.38. The molecule has 4 rings (SSSR count). The van der Waals surface area contributed by atoms with Gasteiger partial charge in [0.15, 0.2) is 0 Å². The molecule has 2 aliphatic rings. The van der Waals surface area contributed by atoms with E-state index in [2.05, 4.69) is 26.6 Å². The maximum Gasteiger partial charge on any atom is 0.0514 e. The standard InChI is InChI=1S/C20H27Cl2N3/c21-16-13-19(22)18-6-10-25(20(18)14-16)9-4-3-7-23-11-12-24-8-2-1-5-17(24)15-23/h6,10,13-14,17H,1-5,7-9,11-12,15H2. The first kappa shape index (κ1) is 17.7. The van der Waals surface area contributed by atoms with Gasteiger partial charge in [-0.15, -0.1) is 0 Å². The number of unbranched alkanes of at least 4 members (excludes halogenated alkanes) is 1. The highest BCUT2D eigenvalue weighted by Crippen LogP contribution is 2.29. The first-order valence-corrected chi connectivity index (χ1v) is 10.4. The van der Waals surface area contributed by atoms with E-state index in [0.717, 1.165) is 28.5 Å². The van der Waals surface area contributed by atoms with E-state index in [9.17, 15) is 0 Å². The fourth-order valence-electron chi connectivity index (χ4n) is 4.45. The maximum atomic E-state index is 6.29. The van der Waals surface area contributed by atoms with Crippen LogP contribution in [0.25, 0.3) is 10.9 Å². The van der Waals surface area contributed by atoms with Gasteiger partial charge in [-0.1, -0.05) is 29.6 Å². The Hall–Kier alpha value is -0.740. The third-order valence-corrected chi connectivity index (χ3v) is 6.38. The van der Waals surface area contributed by atoms with Crippen LogP contribution in [0.5, 0.6) is 0 Å². The molecule has 0 saturated carbocycles. The summed E-state index contributed by atoms with van der Waals surface area (Å²) in [5.74, 6) is 0. The summed E-state index contributed by atoms with van der Waals surface area (Å²) in [6.45, 7) is 7.37. The lowest BCUT2D eigenvalue weighted by atomic mass is 9.99. The number of nitrogens with zero attached hydrogens (tertiary/aromatic N) is 3. The second kappa shape index (κ2) is 7.87. The first-order chi connectivity index (χ1) is 12.2. The minimum absolute atomic E-state index is 0.711. The Bertz CT molecular complexity index is 727. The average Bonchev–Trinajstić information content (AvgIpc) is 3.02. The van der Waals surface area contributed by atoms with Gasteiger partial charge in [-0.2, -0.15) is 0 Å². The Morgan fingerprint density at radius 3 is 2.80 bits per heavy atom. The van der Waals surface area contributed by atoms with Crippen molar-refractivity contribution in [2.45, 2.75) is 44.7 Å². The quantitative estimate of drug-likeness (QED) is 0.684. The molecule has 3 heterocycles. The summed E-state index contributed by atoms with van der Waals surface area (Å²) in [5.41, 5.74) is 1.15. The van der Waals surface area contributed by atoms with Crippen molar-refractivity contribution in [1.82, 2.24) is 14.4 Å². The molecule has 2 aromatic rings. The smallest absolute Gasteiger partial charge is 0.0514 e. The zero-order chi connectivity index (χ0) is 17.2. The van der Waals surface area contributed by atoms with E-state index in [1.807, 2.05) is 12.1 Å². The Morgan fingerprint density at radius 1 is 1.00 bits per heavy atom. The van der Waals surface area contributed by atoms with Crippen molar-refractivity contribution < 1.29 is 0 Å². The highest BCUT2D eigenvalue weighted by atomic mass is 35.5. The molecular formula is C20H27Cl2N3. The maximum absolute atomic E-state index is 6.29. The summed E-state index contributed by atoms with van der Waals surface area (Å²) >= 11 is 12.4. The number of aromatic nitrogens is 1. The van der Waals surface area contributed by atoms with Gasteiger partial charge in [0.25, 0.3) is 0 Å². The number of hydrogen-bond donors (Lipinski definition) is 0. The normalized spacial score (nSPS) is 22.4. The number of piperazine rings is 1. The minimum Gasteiger partial charge on any atom is -0.347 e. The van der Waals surface area contributed by atoms with Crippen LogP contribution in [0.3, 0.4) is 0 Å². The molecule has 3 nitrogen and oxygen atoms in total. The molecule has 136 valence electrons. The Labute approximate surface area is 160 Å². The van der Waals surface area contributed by atoms with Crippen LogP contribution in [0.1, 0.15) is 32.1 Å². The highest BCUT2D eigenvalue weighted by Gasteiger charge is 2.28. The van der Waals surface area contributed by atoms with Crippen molar-refractivity contribution in [2.24, 2.45) is 0 Å². The van der Waals surface area contributed by atoms with E-state index in [1.165, 1.54) is 64.8 Å². The number of piperidine rings is 1. The van der Waals surface area contributed by atoms with E-state index < -0.39 is 0 Å². The molecular weight excluding hydrogens is 353 g/mol. The molecule has 1 unspecified atom stereocenters. The number of benzene rings is 1. The molecule has 25 heavy (non-hydrogen) atoms. The van der Waals surface area contributed by atoms with Crippen molar-refractivity contribution in [3.8, 4) is 0 Å². The zero-order valence-electron chi connectivity index (χ0n) is 14.8. The van der Waals surface area contributed by atoms with E-state index in [1.54, 1.807) is 0 Å². The van der Waals surface area contributed by atoms with Crippen molar-refractivity contribution in [3.63, 3.8) is 0 Å². The van der Waals surface area contributed by atoms with Crippen LogP contribution in [0, 0.1) is 0 Å². The number of fused-ring (bicyclic) bond motifs is 2. The van der Waals surface area contributed by atoms with Gasteiger partial charge in [0.1, 0.15) is 0 Å². The Kier molecular flexibility index (Phi) is 5.56. The van der Waals surface area contributed by atoms with Gasteiger partial charge in [0.2, 0.25) is 0 Å². The lowest BCUT2D eigenvalue weighted by molar-refractivity contribution is 0.0486. The molecule has 2 fully saturated rings. The van der Waals surface area contributed by atoms with Gasteiger partial charge < -0.3 is 9.47 Å². The minimum atomic E-state index is 0.711. The lowest BCUT2D eigenvalue weighted by Gasteiger charge is -2.44. The molecule has 2 aliphatic heterocycles. The SMILES string of the molecule is Clc1cc(Cl)c2ccn(CCCCN3CCN4CCCCC4C3)c2c1. The molecule has 0 N–H and O–H groups in total. The van der Waals surface area contributed by atoms with Gasteiger partial charge in [-0.25, -0.2) is 0 Å². The number of halogens is 2. The molecule has 1 atom stereocenters. The number of aryl methyl sites for hydroxylation is 1. The molecule has 2 saturated heterocycles. The summed E-state index contributed by atoms with van der Waals surface area (Å²) in [6, 6.07) is 6.75. The molecule has 1 aromatic heterocycles. The van der Waals surface area contributed by atoms with Crippen molar-refractivity contribution >= 4 is 34.1 Å². The zero-order valence-corrected chi connectivity index (χ0v) is 16.3. The molecule has 0 amide bonds. The molecule has 0 bridgehead atoms. The summed E-state index contributed by atoms with van der Waals surface area (Å²) in [4.78, 5) is 5.38. The van der Waals surface area contributed by atoms with Gasteiger partial charge >= 0.3 is 0 Å². The van der Waals surface area contributed by atoms with E-state index in [0.29, 0.717) is 5.02 Å². The van der Waals surface area contributed by atoms with Gasteiger partial charge in [-0.3, -0.25) is 4.90 Å². The molecule has 0 radical (unpaired) electrons. The second-order valence-corrected chi connectivity index (χ2v) is 8.37. The third-order valence-electron chi connectivity index (χ3n) is 5.85. The van der Waals surface area contributed by atoms with Crippen molar-refractivity contribution in [3.05, 3.63) is 34.4 Å². The summed E-state index contributed by atoms with van der Waals surface area (Å²) in [7, 11) is 0. The van der Waals surface area contributed by atoms with Crippen LogP contribution in [-0.4, -0.2) is 53.1 Å². The topological polar surface area (TPSA) is 11.4 Å². The first-order valence-electron chi connectivity index (χ1n) is 9.61. The Balaban J connectivity index is 1.27. The monoisotopic (exact) mass is 379 g/mol. The van der Waals surface area contributed by atoms with Crippen LogP contribution in [0.2, 0.25) is 10.0 Å². The predicted octanol–water partition coefficient (Wildman–Crippen LogP) is 4.90. The second-order valence-electron chi connectivity index (χ2n) is 7.52. The van der Waals surface area contributed by atoms with Crippen molar-refractivity contribution in [2.75, 3.05) is 32.7 Å². The lowest BCUT2D eigenvalue weighted by Crippen LogP contribution is -2.54. The van der Waals surface area contributed by atoms with E-state index in [4.69, 9.17) is 23.2 Å².